The summed E-state index contributed by atoms with van der Waals surface area (Å²) in [5.41, 5.74) is 0.256. The van der Waals surface area contributed by atoms with E-state index in [-0.39, 0.29) is 6.03 Å². The van der Waals surface area contributed by atoms with Gasteiger partial charge in [-0.1, -0.05) is 43.2 Å². The maximum Gasteiger partial charge on any atom is 0.323 e. The molecule has 24 heavy (non-hydrogen) atoms. The summed E-state index contributed by atoms with van der Waals surface area (Å²) in [6.45, 7) is 0.794. The van der Waals surface area contributed by atoms with Crippen LogP contribution in [0.15, 0.2) is 42.6 Å². The Bertz CT molecular complexity index is 677. The van der Waals surface area contributed by atoms with E-state index in [1.54, 1.807) is 28.9 Å². The Morgan fingerprint density at radius 1 is 1.29 bits per heavy atom. The van der Waals surface area contributed by atoms with Gasteiger partial charge in [-0.05, 0) is 18.4 Å². The third kappa shape index (κ3) is 4.14. The van der Waals surface area contributed by atoms with Crippen molar-refractivity contribution in [3.63, 3.8) is 0 Å². The average Bonchev–Trinajstić information content (AvgIpc) is 3.16. The Morgan fingerprint density at radius 2 is 2.00 bits per heavy atom. The molecule has 0 bridgehead atoms. The van der Waals surface area contributed by atoms with Crippen LogP contribution < -0.4 is 5.32 Å². The summed E-state index contributed by atoms with van der Waals surface area (Å²) < 4.78 is 1.64. The van der Waals surface area contributed by atoms with E-state index in [1.165, 1.54) is 0 Å². The van der Waals surface area contributed by atoms with Crippen LogP contribution in [0.2, 0.25) is 0 Å². The molecule has 0 unspecified atom stereocenters. The highest BCUT2D eigenvalue weighted by atomic mass is 16.3. The lowest BCUT2D eigenvalue weighted by Crippen LogP contribution is -2.45. The topological polar surface area (TPSA) is 70.4 Å². The summed E-state index contributed by atoms with van der Waals surface area (Å²) in [5.74, 6) is 0.513. The quantitative estimate of drug-likeness (QED) is 0.886. The van der Waals surface area contributed by atoms with E-state index in [4.69, 9.17) is 0 Å². The zero-order valence-electron chi connectivity index (χ0n) is 14.0. The molecule has 0 aliphatic heterocycles. The van der Waals surface area contributed by atoms with Gasteiger partial charge in [0.2, 0.25) is 0 Å². The second-order valence-electron chi connectivity index (χ2n) is 6.58. The number of nitrogens with zero attached hydrogens (tertiary/aromatic N) is 3. The van der Waals surface area contributed by atoms with E-state index >= 15 is 0 Å². The fraction of sp³-hybridized carbons (Fsp3) is 0.444. The third-order valence-corrected chi connectivity index (χ3v) is 4.47. The number of hydrogen-bond donors (Lipinski definition) is 2. The van der Waals surface area contributed by atoms with Crippen molar-refractivity contribution in [2.75, 3.05) is 11.9 Å². The van der Waals surface area contributed by atoms with Gasteiger partial charge in [0.15, 0.2) is 5.82 Å². The van der Waals surface area contributed by atoms with Crippen LogP contribution in [0.1, 0.15) is 31.2 Å². The van der Waals surface area contributed by atoms with E-state index in [0.717, 1.165) is 31.2 Å². The van der Waals surface area contributed by atoms with E-state index in [2.05, 4.69) is 10.4 Å². The van der Waals surface area contributed by atoms with E-state index < -0.39 is 5.60 Å². The van der Waals surface area contributed by atoms with Crippen molar-refractivity contribution in [1.29, 1.82) is 0 Å². The maximum atomic E-state index is 12.7. The average molecular weight is 328 g/mol. The molecule has 1 aromatic heterocycles. The molecule has 0 saturated heterocycles. The molecule has 0 radical (unpaired) electrons. The SMILES string of the molecule is Cn1ccc(NC(=O)N(Cc2ccccc2)CC2(O)CCCC2)n1. The van der Waals surface area contributed by atoms with Crippen molar-refractivity contribution >= 4 is 11.8 Å². The first-order valence-corrected chi connectivity index (χ1v) is 8.36. The van der Waals surface area contributed by atoms with Gasteiger partial charge in [-0.3, -0.25) is 10.00 Å². The third-order valence-electron chi connectivity index (χ3n) is 4.47. The van der Waals surface area contributed by atoms with Gasteiger partial charge in [0.1, 0.15) is 0 Å². The molecule has 2 aromatic rings. The number of benzene rings is 1. The minimum absolute atomic E-state index is 0.238. The molecular weight excluding hydrogens is 304 g/mol. The van der Waals surface area contributed by atoms with Crippen LogP contribution in [0.25, 0.3) is 0 Å². The molecule has 3 rings (SSSR count). The predicted octanol–water partition coefficient (Wildman–Crippen LogP) is 2.76. The van der Waals surface area contributed by atoms with Crippen LogP contribution in [0.4, 0.5) is 10.6 Å². The predicted molar refractivity (Wildman–Crippen MR) is 92.5 cm³/mol. The molecular formula is C18H24N4O2. The Kier molecular flexibility index (Phi) is 4.85. The highest BCUT2D eigenvalue weighted by molar-refractivity contribution is 5.88. The van der Waals surface area contributed by atoms with E-state index in [0.29, 0.717) is 18.9 Å². The van der Waals surface area contributed by atoms with Gasteiger partial charge in [-0.25, -0.2) is 4.79 Å². The fourth-order valence-corrected chi connectivity index (χ4v) is 3.22. The van der Waals surface area contributed by atoms with Gasteiger partial charge in [0, 0.05) is 25.9 Å². The van der Waals surface area contributed by atoms with Gasteiger partial charge < -0.3 is 10.0 Å². The lowest BCUT2D eigenvalue weighted by molar-refractivity contribution is 0.0192. The zero-order chi connectivity index (χ0) is 17.0. The zero-order valence-corrected chi connectivity index (χ0v) is 14.0. The molecule has 6 nitrogen and oxygen atoms in total. The molecule has 1 fully saturated rings. The van der Waals surface area contributed by atoms with Crippen molar-refractivity contribution in [3.8, 4) is 0 Å². The van der Waals surface area contributed by atoms with Crippen LogP contribution in [0.3, 0.4) is 0 Å². The molecule has 1 heterocycles. The molecule has 128 valence electrons. The fourth-order valence-electron chi connectivity index (χ4n) is 3.22. The first-order chi connectivity index (χ1) is 11.5. The number of aromatic nitrogens is 2. The van der Waals surface area contributed by atoms with Gasteiger partial charge in [0.05, 0.1) is 12.1 Å². The number of amides is 2. The monoisotopic (exact) mass is 328 g/mol. The van der Waals surface area contributed by atoms with Gasteiger partial charge in [0.25, 0.3) is 0 Å². The normalized spacial score (nSPS) is 16.1. The molecule has 2 N–H and O–H groups in total. The number of hydrogen-bond acceptors (Lipinski definition) is 3. The second kappa shape index (κ2) is 7.05. The minimum Gasteiger partial charge on any atom is -0.388 e. The Morgan fingerprint density at radius 3 is 2.62 bits per heavy atom. The lowest BCUT2D eigenvalue weighted by Gasteiger charge is -2.31. The Labute approximate surface area is 142 Å². The number of nitrogens with one attached hydrogen (secondary N) is 1. The first kappa shape index (κ1) is 16.5. The maximum absolute atomic E-state index is 12.7. The smallest absolute Gasteiger partial charge is 0.323 e. The van der Waals surface area contributed by atoms with Crippen LogP contribution in [0, 0.1) is 0 Å². The van der Waals surface area contributed by atoms with Crippen LogP contribution >= 0.6 is 0 Å². The van der Waals surface area contributed by atoms with Crippen molar-refractivity contribution in [2.24, 2.45) is 7.05 Å². The minimum atomic E-state index is -0.782. The summed E-state index contributed by atoms with van der Waals surface area (Å²) in [7, 11) is 1.80. The molecule has 1 aliphatic carbocycles. The standard InChI is InChI=1S/C18H24N4O2/c1-21-12-9-16(20-21)19-17(23)22(13-15-7-3-2-4-8-15)14-18(24)10-5-6-11-18/h2-4,7-9,12,24H,5-6,10-11,13-14H2,1H3,(H,19,20,23). The Hall–Kier alpha value is -2.34. The lowest BCUT2D eigenvalue weighted by atomic mass is 10.0. The largest absolute Gasteiger partial charge is 0.388 e. The van der Waals surface area contributed by atoms with Crippen molar-refractivity contribution in [3.05, 3.63) is 48.2 Å². The summed E-state index contributed by atoms with van der Waals surface area (Å²) in [6, 6.07) is 11.3. The van der Waals surface area contributed by atoms with Crippen LogP contribution in [0.5, 0.6) is 0 Å². The van der Waals surface area contributed by atoms with E-state index in [1.807, 2.05) is 30.3 Å². The number of rotatable bonds is 5. The first-order valence-electron chi connectivity index (χ1n) is 8.36. The van der Waals surface area contributed by atoms with Gasteiger partial charge >= 0.3 is 6.03 Å². The van der Waals surface area contributed by atoms with Crippen molar-refractivity contribution < 1.29 is 9.90 Å². The van der Waals surface area contributed by atoms with Gasteiger partial charge in [-0.2, -0.15) is 5.10 Å². The molecule has 0 atom stereocenters. The highest BCUT2D eigenvalue weighted by Gasteiger charge is 2.34. The molecule has 2 amide bonds. The summed E-state index contributed by atoms with van der Waals surface area (Å²) in [6.07, 6.45) is 5.29. The van der Waals surface area contributed by atoms with E-state index in [9.17, 15) is 9.90 Å². The molecule has 6 heteroatoms. The summed E-state index contributed by atoms with van der Waals surface area (Å²) in [4.78, 5) is 14.4. The number of aryl methyl sites for hydroxylation is 1. The molecule has 1 saturated carbocycles. The van der Waals surface area contributed by atoms with Crippen molar-refractivity contribution in [2.45, 2.75) is 37.8 Å². The molecule has 1 aromatic carbocycles. The number of urea groups is 1. The Balaban J connectivity index is 1.73. The van der Waals surface area contributed by atoms with Crippen LogP contribution in [-0.4, -0.2) is 38.0 Å². The van der Waals surface area contributed by atoms with Crippen molar-refractivity contribution in [1.82, 2.24) is 14.7 Å². The number of carbonyl (C=O) groups is 1. The van der Waals surface area contributed by atoms with Crippen LogP contribution in [-0.2, 0) is 13.6 Å². The molecule has 0 spiro atoms. The second-order valence-corrected chi connectivity index (χ2v) is 6.58. The summed E-state index contributed by atoms with van der Waals surface area (Å²) in [5, 5.41) is 17.7. The molecule has 1 aliphatic rings. The number of carbonyl (C=O) groups excluding carboxylic acids is 1. The van der Waals surface area contributed by atoms with Gasteiger partial charge in [-0.15, -0.1) is 0 Å². The number of aliphatic hydroxyl groups is 1. The highest BCUT2D eigenvalue weighted by Crippen LogP contribution is 2.30. The summed E-state index contributed by atoms with van der Waals surface area (Å²) >= 11 is 0. The number of anilines is 1.